The minimum absolute atomic E-state index is 0.176. The van der Waals surface area contributed by atoms with Crippen molar-refractivity contribution in [2.75, 3.05) is 0 Å². The number of aliphatic hydroxyl groups excluding tert-OH is 1. The van der Waals surface area contributed by atoms with Crippen molar-refractivity contribution < 1.29 is 13.9 Å². The Labute approximate surface area is 112 Å². The fourth-order valence-corrected chi connectivity index (χ4v) is 1.65. The predicted molar refractivity (Wildman–Crippen MR) is 64.7 cm³/mol. The van der Waals surface area contributed by atoms with E-state index in [0.29, 0.717) is 23.0 Å². The van der Waals surface area contributed by atoms with E-state index in [0.717, 1.165) is 0 Å². The van der Waals surface area contributed by atoms with E-state index in [1.54, 1.807) is 18.3 Å². The van der Waals surface area contributed by atoms with Crippen LogP contribution in [-0.4, -0.2) is 30.3 Å². The number of hydrogen-bond donors (Lipinski definition) is 1. The fourth-order valence-electron chi connectivity index (χ4n) is 1.65. The van der Waals surface area contributed by atoms with Gasteiger partial charge in [0.2, 0.25) is 11.8 Å². The Morgan fingerprint density at radius 2 is 1.95 bits per heavy atom. The maximum absolute atomic E-state index is 12.8. The predicted octanol–water partition coefficient (Wildman–Crippen LogP) is 1.01. The zero-order valence-electron chi connectivity index (χ0n) is 10.3. The van der Waals surface area contributed by atoms with Gasteiger partial charge < -0.3 is 9.52 Å². The smallest absolute Gasteiger partial charge is 0.247 e. The van der Waals surface area contributed by atoms with Crippen LogP contribution in [0.1, 0.15) is 11.6 Å². The standard InChI is InChI=1S/C12H10FN5O2/c13-9-3-1-8(2-4-9)12-16-15-11(20-12)6-18-5-10(7-19)14-17-18/h1-5,19H,6-7H2. The van der Waals surface area contributed by atoms with Crippen molar-refractivity contribution in [3.05, 3.63) is 47.9 Å². The van der Waals surface area contributed by atoms with Gasteiger partial charge in [-0.25, -0.2) is 9.07 Å². The van der Waals surface area contributed by atoms with Gasteiger partial charge in [0.05, 0.1) is 12.8 Å². The topological polar surface area (TPSA) is 89.9 Å². The van der Waals surface area contributed by atoms with E-state index in [2.05, 4.69) is 20.5 Å². The van der Waals surface area contributed by atoms with Gasteiger partial charge in [-0.15, -0.1) is 15.3 Å². The third-order valence-electron chi connectivity index (χ3n) is 2.60. The largest absolute Gasteiger partial charge is 0.419 e. The Morgan fingerprint density at radius 1 is 1.15 bits per heavy atom. The highest BCUT2D eigenvalue weighted by Gasteiger charge is 2.10. The zero-order chi connectivity index (χ0) is 13.9. The molecule has 0 spiro atoms. The maximum Gasteiger partial charge on any atom is 0.247 e. The van der Waals surface area contributed by atoms with Gasteiger partial charge in [0, 0.05) is 5.56 Å². The third kappa shape index (κ3) is 2.54. The highest BCUT2D eigenvalue weighted by molar-refractivity contribution is 5.51. The Balaban J connectivity index is 1.78. The van der Waals surface area contributed by atoms with Crippen molar-refractivity contribution in [2.45, 2.75) is 13.2 Å². The fraction of sp³-hybridized carbons (Fsp3) is 0.167. The minimum atomic E-state index is -0.326. The summed E-state index contributed by atoms with van der Waals surface area (Å²) in [5.41, 5.74) is 1.10. The van der Waals surface area contributed by atoms with E-state index in [9.17, 15) is 4.39 Å². The van der Waals surface area contributed by atoms with Crippen LogP contribution in [0.15, 0.2) is 34.9 Å². The first-order valence-electron chi connectivity index (χ1n) is 5.83. The van der Waals surface area contributed by atoms with Gasteiger partial charge >= 0.3 is 0 Å². The van der Waals surface area contributed by atoms with Gasteiger partial charge in [0.25, 0.3) is 0 Å². The lowest BCUT2D eigenvalue weighted by atomic mass is 10.2. The molecule has 1 aromatic carbocycles. The average molecular weight is 275 g/mol. The maximum atomic E-state index is 12.8. The van der Waals surface area contributed by atoms with Crippen LogP contribution in [0.4, 0.5) is 4.39 Å². The molecule has 0 bridgehead atoms. The average Bonchev–Trinajstić information content (AvgIpc) is 3.09. The van der Waals surface area contributed by atoms with Crippen LogP contribution in [0.5, 0.6) is 0 Å². The van der Waals surface area contributed by atoms with Crippen molar-refractivity contribution in [2.24, 2.45) is 0 Å². The molecule has 0 unspecified atom stereocenters. The molecule has 0 saturated carbocycles. The molecule has 0 radical (unpaired) electrons. The van der Waals surface area contributed by atoms with Crippen LogP contribution in [0, 0.1) is 5.82 Å². The normalized spacial score (nSPS) is 10.9. The molecular formula is C12H10FN5O2. The number of nitrogens with zero attached hydrogens (tertiary/aromatic N) is 5. The number of rotatable bonds is 4. The SMILES string of the molecule is OCc1cn(Cc2nnc(-c3ccc(F)cc3)o2)nn1. The van der Waals surface area contributed by atoms with Crippen LogP contribution < -0.4 is 0 Å². The van der Waals surface area contributed by atoms with Crippen LogP contribution in [-0.2, 0) is 13.2 Å². The van der Waals surface area contributed by atoms with E-state index >= 15 is 0 Å². The number of aromatic nitrogens is 5. The second-order valence-electron chi connectivity index (χ2n) is 4.07. The van der Waals surface area contributed by atoms with Gasteiger partial charge in [-0.1, -0.05) is 5.21 Å². The monoisotopic (exact) mass is 275 g/mol. The first kappa shape index (κ1) is 12.4. The van der Waals surface area contributed by atoms with Crippen LogP contribution in [0.3, 0.4) is 0 Å². The highest BCUT2D eigenvalue weighted by Crippen LogP contribution is 2.18. The van der Waals surface area contributed by atoms with E-state index in [1.807, 2.05) is 0 Å². The molecule has 2 heterocycles. The molecule has 0 aliphatic rings. The van der Waals surface area contributed by atoms with Gasteiger partial charge in [-0.05, 0) is 24.3 Å². The minimum Gasteiger partial charge on any atom is -0.419 e. The lowest BCUT2D eigenvalue weighted by Gasteiger charge is -1.95. The highest BCUT2D eigenvalue weighted by atomic mass is 19.1. The van der Waals surface area contributed by atoms with Gasteiger partial charge in [0.15, 0.2) is 0 Å². The molecule has 1 N–H and O–H groups in total. The van der Waals surface area contributed by atoms with Gasteiger partial charge in [-0.2, -0.15) is 0 Å². The lowest BCUT2D eigenvalue weighted by Crippen LogP contribution is -2.00. The van der Waals surface area contributed by atoms with Crippen molar-refractivity contribution in [1.82, 2.24) is 25.2 Å². The molecule has 3 rings (SSSR count). The Kier molecular flexibility index (Phi) is 3.21. The Bertz CT molecular complexity index is 707. The molecule has 3 aromatic rings. The molecule has 0 atom stereocenters. The Morgan fingerprint density at radius 3 is 2.65 bits per heavy atom. The first-order chi connectivity index (χ1) is 9.74. The molecule has 102 valence electrons. The number of aliphatic hydroxyl groups is 1. The second kappa shape index (κ2) is 5.17. The summed E-state index contributed by atoms with van der Waals surface area (Å²) in [4.78, 5) is 0. The summed E-state index contributed by atoms with van der Waals surface area (Å²) in [6.07, 6.45) is 1.59. The number of halogens is 1. The number of benzene rings is 1. The van der Waals surface area contributed by atoms with Crippen molar-refractivity contribution in [3.8, 4) is 11.5 Å². The molecule has 0 aliphatic heterocycles. The molecule has 0 fully saturated rings. The molecule has 7 nitrogen and oxygen atoms in total. The summed E-state index contributed by atoms with van der Waals surface area (Å²) >= 11 is 0. The summed E-state index contributed by atoms with van der Waals surface area (Å²) in [6.45, 7) is 0.0753. The van der Waals surface area contributed by atoms with Crippen LogP contribution in [0.25, 0.3) is 11.5 Å². The first-order valence-corrected chi connectivity index (χ1v) is 5.83. The third-order valence-corrected chi connectivity index (χ3v) is 2.60. The van der Waals surface area contributed by atoms with E-state index < -0.39 is 0 Å². The summed E-state index contributed by atoms with van der Waals surface area (Å²) in [5.74, 6) is 0.328. The van der Waals surface area contributed by atoms with E-state index in [4.69, 9.17) is 9.52 Å². The Hall–Kier alpha value is -2.61. The van der Waals surface area contributed by atoms with Gasteiger partial charge in [0.1, 0.15) is 18.1 Å². The molecule has 2 aromatic heterocycles. The zero-order valence-corrected chi connectivity index (χ0v) is 10.3. The molecular weight excluding hydrogens is 265 g/mol. The summed E-state index contributed by atoms with van der Waals surface area (Å²) in [7, 11) is 0. The molecule has 20 heavy (non-hydrogen) atoms. The van der Waals surface area contributed by atoms with Crippen molar-refractivity contribution in [3.63, 3.8) is 0 Å². The molecule has 0 amide bonds. The second-order valence-corrected chi connectivity index (χ2v) is 4.07. The van der Waals surface area contributed by atoms with Gasteiger partial charge in [-0.3, -0.25) is 0 Å². The van der Waals surface area contributed by atoms with Crippen LogP contribution >= 0.6 is 0 Å². The van der Waals surface area contributed by atoms with Crippen molar-refractivity contribution >= 4 is 0 Å². The lowest BCUT2D eigenvalue weighted by molar-refractivity contribution is 0.276. The van der Waals surface area contributed by atoms with E-state index in [1.165, 1.54) is 16.8 Å². The van der Waals surface area contributed by atoms with E-state index in [-0.39, 0.29) is 19.0 Å². The van der Waals surface area contributed by atoms with Crippen LogP contribution in [0.2, 0.25) is 0 Å². The molecule has 0 saturated heterocycles. The molecule has 0 aliphatic carbocycles. The summed E-state index contributed by atoms with van der Waals surface area (Å²) in [5, 5.41) is 24.2. The summed E-state index contributed by atoms with van der Waals surface area (Å²) < 4.78 is 19.8. The quantitative estimate of drug-likeness (QED) is 0.764. The van der Waals surface area contributed by atoms with Crippen molar-refractivity contribution in [1.29, 1.82) is 0 Å². The molecule has 8 heteroatoms. The number of hydrogen-bond acceptors (Lipinski definition) is 6. The summed E-state index contributed by atoms with van der Waals surface area (Å²) in [6, 6.07) is 5.77.